The van der Waals surface area contributed by atoms with E-state index in [1.807, 2.05) is 12.1 Å². The monoisotopic (exact) mass is 706 g/mol. The van der Waals surface area contributed by atoms with Crippen LogP contribution in [0, 0.1) is 0 Å². The molecular weight excluding hydrogens is 668 g/mol. The second-order valence-electron chi connectivity index (χ2n) is 12.6. The summed E-state index contributed by atoms with van der Waals surface area (Å²) < 4.78 is 5.64. The number of ether oxygens (including phenoxy) is 1. The lowest BCUT2D eigenvalue weighted by Crippen LogP contribution is -2.61. The van der Waals surface area contributed by atoms with Gasteiger partial charge in [0, 0.05) is 42.2 Å². The summed E-state index contributed by atoms with van der Waals surface area (Å²) >= 11 is 0. The Hall–Kier alpha value is -6.02. The molecule has 0 radical (unpaired) electrons. The molecule has 0 saturated carbocycles. The van der Waals surface area contributed by atoms with Gasteiger partial charge in [-0.05, 0) is 66.1 Å². The number of phenols is 1. The van der Waals surface area contributed by atoms with E-state index in [4.69, 9.17) is 4.74 Å². The van der Waals surface area contributed by atoms with Crippen LogP contribution in [0.4, 0.5) is 0 Å². The van der Waals surface area contributed by atoms with Crippen LogP contribution in [0.2, 0.25) is 0 Å². The lowest BCUT2D eigenvalue weighted by atomic mass is 9.86. The number of aromatic nitrogens is 1. The molecule has 268 valence electrons. The summed E-state index contributed by atoms with van der Waals surface area (Å²) in [6, 6.07) is 27.0. The third kappa shape index (κ3) is 7.81. The maximum atomic E-state index is 12.8. The normalized spacial score (nSPS) is 14.6. The number of amides is 2. The van der Waals surface area contributed by atoms with Gasteiger partial charge < -0.3 is 45.7 Å². The molecule has 1 fully saturated rings. The van der Waals surface area contributed by atoms with E-state index < -0.39 is 17.7 Å². The Morgan fingerprint density at radius 2 is 1.65 bits per heavy atom. The van der Waals surface area contributed by atoms with Crippen LogP contribution < -0.4 is 20.9 Å². The van der Waals surface area contributed by atoms with Gasteiger partial charge >= 0.3 is 5.97 Å². The van der Waals surface area contributed by atoms with Crippen LogP contribution in [0.3, 0.4) is 0 Å². The van der Waals surface area contributed by atoms with E-state index in [0.29, 0.717) is 42.6 Å². The molecule has 4 aromatic carbocycles. The van der Waals surface area contributed by atoms with E-state index in [1.165, 1.54) is 36.4 Å². The number of aromatic hydroxyl groups is 1. The fraction of sp³-hybridized carbons (Fsp3) is 0.231. The van der Waals surface area contributed by atoms with Crippen LogP contribution in [0.25, 0.3) is 10.9 Å². The number of nitrogens with zero attached hydrogens (tertiary/aromatic N) is 1. The highest BCUT2D eigenvalue weighted by molar-refractivity contribution is 5.94. The van der Waals surface area contributed by atoms with Gasteiger partial charge in [0.15, 0.2) is 6.61 Å². The highest BCUT2D eigenvalue weighted by Gasteiger charge is 2.40. The largest absolute Gasteiger partial charge is 0.506 e. The lowest BCUT2D eigenvalue weighted by Gasteiger charge is -2.39. The van der Waals surface area contributed by atoms with Crippen LogP contribution in [-0.2, 0) is 21.6 Å². The lowest BCUT2D eigenvalue weighted by molar-refractivity contribution is -0.155. The Bertz CT molecular complexity index is 2130. The van der Waals surface area contributed by atoms with Gasteiger partial charge in [-0.2, -0.15) is 0 Å². The number of benzene rings is 4. The van der Waals surface area contributed by atoms with Crippen LogP contribution in [0.15, 0.2) is 108 Å². The molecule has 5 aromatic rings. The number of aliphatic hydroxyl groups is 2. The first-order chi connectivity index (χ1) is 25.0. The van der Waals surface area contributed by atoms with Crippen LogP contribution in [0.1, 0.15) is 38.7 Å². The zero-order valence-corrected chi connectivity index (χ0v) is 28.0. The zero-order valence-electron chi connectivity index (χ0n) is 28.0. The number of carboxylic acids is 1. The minimum Gasteiger partial charge on any atom is -0.506 e. The number of hydrogen-bond acceptors (Lipinski definition) is 9. The summed E-state index contributed by atoms with van der Waals surface area (Å²) in [6.07, 6.45) is -0.214. The highest BCUT2D eigenvalue weighted by Crippen LogP contribution is 2.32. The summed E-state index contributed by atoms with van der Waals surface area (Å²) in [4.78, 5) is 53.5. The van der Waals surface area contributed by atoms with Crippen LogP contribution in [-0.4, -0.2) is 86.9 Å². The minimum atomic E-state index is -2.30. The molecule has 6 rings (SSSR count). The number of carbonyl (C=O) groups excluding carboxylic acids is 2. The number of carboxylic acid groups (broad SMARTS) is 1. The molecule has 0 bridgehead atoms. The van der Waals surface area contributed by atoms with Crippen molar-refractivity contribution in [2.24, 2.45) is 0 Å². The molecule has 13 nitrogen and oxygen atoms in total. The number of rotatable bonds is 14. The molecule has 2 amide bonds. The van der Waals surface area contributed by atoms with Gasteiger partial charge in [-0.3, -0.25) is 14.4 Å². The van der Waals surface area contributed by atoms with E-state index in [2.05, 4.69) is 15.6 Å². The fourth-order valence-electron chi connectivity index (χ4n) is 6.14. The first-order valence-corrected chi connectivity index (χ1v) is 16.7. The van der Waals surface area contributed by atoms with E-state index in [0.717, 1.165) is 5.56 Å². The number of phenolic OH excluding ortho intramolecular Hbond substituents is 1. The molecule has 0 unspecified atom stereocenters. The molecule has 1 aliphatic rings. The molecule has 52 heavy (non-hydrogen) atoms. The number of fused-ring (bicyclic) bond motifs is 1. The molecule has 1 aromatic heterocycles. The van der Waals surface area contributed by atoms with Gasteiger partial charge in [-0.25, -0.2) is 4.79 Å². The van der Waals surface area contributed by atoms with Gasteiger partial charge in [0.25, 0.3) is 11.8 Å². The first-order valence-electron chi connectivity index (χ1n) is 16.7. The number of aromatic amines is 1. The number of likely N-dealkylation sites (tertiary alicyclic amines) is 1. The van der Waals surface area contributed by atoms with E-state index in [1.54, 1.807) is 59.5 Å². The van der Waals surface area contributed by atoms with Crippen molar-refractivity contribution in [1.82, 2.24) is 20.5 Å². The molecule has 7 N–H and O–H groups in total. The average molecular weight is 707 g/mol. The Morgan fingerprint density at radius 3 is 2.38 bits per heavy atom. The molecular formula is C39H38N4O9. The number of H-pyrrole nitrogens is 1. The maximum Gasteiger partial charge on any atom is 0.345 e. The van der Waals surface area contributed by atoms with Crippen LogP contribution in [0.5, 0.6) is 11.5 Å². The number of nitrogens with one attached hydrogen (secondary N) is 3. The van der Waals surface area contributed by atoms with Crippen LogP contribution >= 0.6 is 0 Å². The van der Waals surface area contributed by atoms with Crippen molar-refractivity contribution in [3.05, 3.63) is 141 Å². The standard InChI is InChI=1S/C39H38N4O9/c44-32-15-13-30(31-14-16-34(46)42-36(31)32)33(45)20-40-18-17-24-9-11-25(12-10-24)37(48)41-28-21-43(22-28)35(47)23-52-29-8-4-7-27(19-29)39(51,38(49)50)26-5-2-1-3-6-26/h1-16,19,28,33,40,44-45,51H,17-18,20-23H2,(H,41,48)(H,42,46)(H,49,50)/t33-,39-/m0/s1. The van der Waals surface area contributed by atoms with Gasteiger partial charge in [0.05, 0.1) is 17.7 Å². The number of hydrogen-bond donors (Lipinski definition) is 7. The highest BCUT2D eigenvalue weighted by atomic mass is 16.5. The Morgan fingerprint density at radius 1 is 0.923 bits per heavy atom. The quantitative estimate of drug-likeness (QED) is 0.0842. The minimum absolute atomic E-state index is 0.0686. The molecule has 2 atom stereocenters. The Labute approximate surface area is 298 Å². The average Bonchev–Trinajstić information content (AvgIpc) is 3.14. The van der Waals surface area contributed by atoms with Crippen molar-refractivity contribution in [2.45, 2.75) is 24.2 Å². The van der Waals surface area contributed by atoms with Gasteiger partial charge in [0.2, 0.25) is 11.2 Å². The van der Waals surface area contributed by atoms with Crippen molar-refractivity contribution in [3.8, 4) is 11.5 Å². The third-order valence-electron chi connectivity index (χ3n) is 9.09. The Balaban J connectivity index is 0.922. The maximum absolute atomic E-state index is 12.8. The second-order valence-corrected chi connectivity index (χ2v) is 12.6. The van der Waals surface area contributed by atoms with E-state index in [-0.39, 0.29) is 64.7 Å². The number of aliphatic carboxylic acids is 1. The molecule has 2 heterocycles. The summed E-state index contributed by atoms with van der Waals surface area (Å²) in [5, 5.41) is 48.5. The third-order valence-corrected chi connectivity index (χ3v) is 9.09. The molecule has 0 spiro atoms. The fourth-order valence-corrected chi connectivity index (χ4v) is 6.14. The summed E-state index contributed by atoms with van der Waals surface area (Å²) in [7, 11) is 0. The van der Waals surface area contributed by atoms with E-state index in [9.17, 15) is 39.6 Å². The summed E-state index contributed by atoms with van der Waals surface area (Å²) in [5.74, 6) is -1.84. The zero-order chi connectivity index (χ0) is 36.8. The first kappa shape index (κ1) is 35.8. The van der Waals surface area contributed by atoms with Crippen molar-refractivity contribution in [1.29, 1.82) is 0 Å². The molecule has 1 aliphatic heterocycles. The molecule has 1 saturated heterocycles. The van der Waals surface area contributed by atoms with Gasteiger partial charge in [0.1, 0.15) is 11.5 Å². The van der Waals surface area contributed by atoms with Crippen molar-refractivity contribution in [3.63, 3.8) is 0 Å². The predicted molar refractivity (Wildman–Crippen MR) is 191 cm³/mol. The predicted octanol–water partition coefficient (Wildman–Crippen LogP) is 2.44. The van der Waals surface area contributed by atoms with Crippen molar-refractivity contribution < 1.29 is 39.5 Å². The topological polar surface area (TPSA) is 202 Å². The second kappa shape index (κ2) is 15.5. The van der Waals surface area contributed by atoms with Gasteiger partial charge in [-0.1, -0.05) is 60.7 Å². The smallest absolute Gasteiger partial charge is 0.345 e. The SMILES string of the molecule is O=C(NC1CN(C(=O)COc2cccc([C@](O)(C(=O)O)c3ccccc3)c2)C1)c1ccc(CCNC[C@H](O)c2ccc(O)c3[nH]c(=O)ccc23)cc1. The van der Waals surface area contributed by atoms with Crippen molar-refractivity contribution >= 4 is 28.7 Å². The summed E-state index contributed by atoms with van der Waals surface area (Å²) in [6.45, 7) is 1.15. The van der Waals surface area contributed by atoms with Gasteiger partial charge in [-0.15, -0.1) is 0 Å². The summed E-state index contributed by atoms with van der Waals surface area (Å²) in [5.41, 5.74) is -0.0390. The van der Waals surface area contributed by atoms with Crippen molar-refractivity contribution in [2.75, 3.05) is 32.8 Å². The van der Waals surface area contributed by atoms with E-state index >= 15 is 0 Å². The molecule has 0 aliphatic carbocycles. The Kier molecular flexibility index (Phi) is 10.7. The molecule has 13 heteroatoms. The number of pyridine rings is 1. The number of aliphatic hydroxyl groups excluding tert-OH is 1. The number of carbonyl (C=O) groups is 3.